The highest BCUT2D eigenvalue weighted by molar-refractivity contribution is 7.09. The highest BCUT2D eigenvalue weighted by Gasteiger charge is 2.29. The molecule has 1 N–H and O–H groups in total. The lowest BCUT2D eigenvalue weighted by Gasteiger charge is -2.35. The molecule has 1 fully saturated rings. The van der Waals surface area contributed by atoms with Crippen molar-refractivity contribution in [1.82, 2.24) is 4.90 Å². The summed E-state index contributed by atoms with van der Waals surface area (Å²) in [6, 6.07) is 4.58. The summed E-state index contributed by atoms with van der Waals surface area (Å²) in [5.74, 6) is -0.780. The first-order chi connectivity index (χ1) is 7.66. The van der Waals surface area contributed by atoms with Gasteiger partial charge in [0.25, 0.3) is 0 Å². The van der Waals surface area contributed by atoms with Crippen LogP contribution in [0.25, 0.3) is 0 Å². The molecule has 0 saturated carbocycles. The van der Waals surface area contributed by atoms with Gasteiger partial charge in [0.15, 0.2) is 0 Å². The van der Waals surface area contributed by atoms with E-state index in [4.69, 9.17) is 5.11 Å². The fourth-order valence-electron chi connectivity index (χ4n) is 2.28. The SMILES string of the molecule is CC1CC(C(=O)O)CCN1Cc1cccs1. The zero-order valence-electron chi connectivity index (χ0n) is 9.43. The Morgan fingerprint density at radius 2 is 2.50 bits per heavy atom. The third-order valence-corrected chi connectivity index (χ3v) is 4.16. The molecule has 16 heavy (non-hydrogen) atoms. The van der Waals surface area contributed by atoms with E-state index in [0.717, 1.165) is 25.9 Å². The maximum Gasteiger partial charge on any atom is 0.306 e. The largest absolute Gasteiger partial charge is 0.481 e. The van der Waals surface area contributed by atoms with Gasteiger partial charge in [0.05, 0.1) is 5.92 Å². The van der Waals surface area contributed by atoms with Crippen LogP contribution in [-0.2, 0) is 11.3 Å². The van der Waals surface area contributed by atoms with Crippen LogP contribution in [0.2, 0.25) is 0 Å². The summed E-state index contributed by atoms with van der Waals surface area (Å²) >= 11 is 1.77. The van der Waals surface area contributed by atoms with Crippen molar-refractivity contribution in [2.75, 3.05) is 6.54 Å². The van der Waals surface area contributed by atoms with Crippen molar-refractivity contribution in [3.8, 4) is 0 Å². The number of hydrogen-bond donors (Lipinski definition) is 1. The molecular weight excluding hydrogens is 222 g/mol. The number of carboxylic acids is 1. The molecule has 1 aromatic rings. The lowest BCUT2D eigenvalue weighted by atomic mass is 9.92. The first kappa shape index (κ1) is 11.6. The van der Waals surface area contributed by atoms with Gasteiger partial charge >= 0.3 is 5.97 Å². The van der Waals surface area contributed by atoms with Gasteiger partial charge in [-0.15, -0.1) is 11.3 Å². The molecule has 0 radical (unpaired) electrons. The number of piperidine rings is 1. The Kier molecular flexibility index (Phi) is 3.61. The topological polar surface area (TPSA) is 40.5 Å². The molecular formula is C12H17NO2S. The normalized spacial score (nSPS) is 26.8. The number of carbonyl (C=O) groups is 1. The van der Waals surface area contributed by atoms with Gasteiger partial charge < -0.3 is 5.11 Å². The minimum atomic E-state index is -0.636. The highest BCUT2D eigenvalue weighted by atomic mass is 32.1. The van der Waals surface area contributed by atoms with Crippen molar-refractivity contribution < 1.29 is 9.90 Å². The van der Waals surface area contributed by atoms with Gasteiger partial charge in [0.1, 0.15) is 0 Å². The summed E-state index contributed by atoms with van der Waals surface area (Å²) in [5, 5.41) is 11.1. The predicted molar refractivity (Wildman–Crippen MR) is 64.6 cm³/mol. The molecule has 2 heterocycles. The molecule has 2 unspecified atom stereocenters. The third-order valence-electron chi connectivity index (χ3n) is 3.30. The molecule has 0 bridgehead atoms. The lowest BCUT2D eigenvalue weighted by Crippen LogP contribution is -2.41. The number of aliphatic carboxylic acids is 1. The van der Waals surface area contributed by atoms with E-state index in [9.17, 15) is 4.79 Å². The van der Waals surface area contributed by atoms with Crippen LogP contribution in [0.5, 0.6) is 0 Å². The third kappa shape index (κ3) is 2.62. The number of hydrogen-bond acceptors (Lipinski definition) is 3. The fraction of sp³-hybridized carbons (Fsp3) is 0.583. The van der Waals surface area contributed by atoms with Crippen molar-refractivity contribution in [3.63, 3.8) is 0 Å². The van der Waals surface area contributed by atoms with Gasteiger partial charge in [0, 0.05) is 17.5 Å². The van der Waals surface area contributed by atoms with Gasteiger partial charge in [-0.2, -0.15) is 0 Å². The molecule has 2 atom stereocenters. The van der Waals surface area contributed by atoms with E-state index in [1.54, 1.807) is 11.3 Å². The number of carboxylic acid groups (broad SMARTS) is 1. The minimum Gasteiger partial charge on any atom is -0.481 e. The minimum absolute atomic E-state index is 0.144. The quantitative estimate of drug-likeness (QED) is 0.880. The average Bonchev–Trinajstić information content (AvgIpc) is 2.73. The summed E-state index contributed by atoms with van der Waals surface area (Å²) in [7, 11) is 0. The van der Waals surface area contributed by atoms with Crippen LogP contribution in [0.1, 0.15) is 24.6 Å². The van der Waals surface area contributed by atoms with E-state index in [2.05, 4.69) is 29.3 Å². The molecule has 1 aliphatic rings. The monoisotopic (exact) mass is 239 g/mol. The van der Waals surface area contributed by atoms with Crippen molar-refractivity contribution in [2.45, 2.75) is 32.4 Å². The molecule has 4 heteroatoms. The number of thiophene rings is 1. The first-order valence-electron chi connectivity index (χ1n) is 5.66. The second kappa shape index (κ2) is 4.97. The Balaban J connectivity index is 1.91. The van der Waals surface area contributed by atoms with Crippen molar-refractivity contribution in [1.29, 1.82) is 0 Å². The van der Waals surface area contributed by atoms with Crippen LogP contribution >= 0.6 is 11.3 Å². The van der Waals surface area contributed by atoms with Crippen molar-refractivity contribution in [2.24, 2.45) is 5.92 Å². The van der Waals surface area contributed by atoms with Crippen LogP contribution in [-0.4, -0.2) is 28.6 Å². The van der Waals surface area contributed by atoms with E-state index in [1.165, 1.54) is 4.88 Å². The highest BCUT2D eigenvalue weighted by Crippen LogP contribution is 2.25. The molecule has 1 saturated heterocycles. The number of likely N-dealkylation sites (tertiary alicyclic amines) is 1. The summed E-state index contributed by atoms with van der Waals surface area (Å²) in [4.78, 5) is 14.6. The van der Waals surface area contributed by atoms with Gasteiger partial charge in [-0.05, 0) is 37.8 Å². The molecule has 88 valence electrons. The molecule has 0 amide bonds. The Morgan fingerprint density at radius 1 is 1.69 bits per heavy atom. The standard InChI is InChI=1S/C12H17NO2S/c1-9-7-10(12(14)15)4-5-13(9)8-11-3-2-6-16-11/h2-3,6,9-10H,4-5,7-8H2,1H3,(H,14,15). The zero-order chi connectivity index (χ0) is 11.5. The van der Waals surface area contributed by atoms with Crippen LogP contribution in [0.3, 0.4) is 0 Å². The maximum absolute atomic E-state index is 10.9. The van der Waals surface area contributed by atoms with Crippen molar-refractivity contribution in [3.05, 3.63) is 22.4 Å². The van der Waals surface area contributed by atoms with Crippen molar-refractivity contribution >= 4 is 17.3 Å². The predicted octanol–water partition coefficient (Wildman–Crippen LogP) is 2.43. The molecule has 1 aliphatic heterocycles. The maximum atomic E-state index is 10.9. The second-order valence-corrected chi connectivity index (χ2v) is 5.49. The van der Waals surface area contributed by atoms with Gasteiger partial charge in [-0.3, -0.25) is 9.69 Å². The Hall–Kier alpha value is -0.870. The number of nitrogens with zero attached hydrogens (tertiary/aromatic N) is 1. The zero-order valence-corrected chi connectivity index (χ0v) is 10.2. The Morgan fingerprint density at radius 3 is 3.06 bits per heavy atom. The van der Waals surface area contributed by atoms with Crippen LogP contribution < -0.4 is 0 Å². The van der Waals surface area contributed by atoms with Crippen LogP contribution in [0.4, 0.5) is 0 Å². The first-order valence-corrected chi connectivity index (χ1v) is 6.54. The summed E-state index contributed by atoms with van der Waals surface area (Å²) in [6.07, 6.45) is 1.56. The summed E-state index contributed by atoms with van der Waals surface area (Å²) < 4.78 is 0. The van der Waals surface area contributed by atoms with E-state index in [0.29, 0.717) is 6.04 Å². The summed E-state index contributed by atoms with van der Waals surface area (Å²) in [6.45, 7) is 3.99. The van der Waals surface area contributed by atoms with Gasteiger partial charge in [0.2, 0.25) is 0 Å². The summed E-state index contributed by atoms with van der Waals surface area (Å²) in [5.41, 5.74) is 0. The smallest absolute Gasteiger partial charge is 0.306 e. The molecule has 0 spiro atoms. The number of rotatable bonds is 3. The van der Waals surface area contributed by atoms with Gasteiger partial charge in [-0.1, -0.05) is 6.07 Å². The molecule has 0 aliphatic carbocycles. The second-order valence-electron chi connectivity index (χ2n) is 4.46. The van der Waals surface area contributed by atoms with Crippen LogP contribution in [0.15, 0.2) is 17.5 Å². The average molecular weight is 239 g/mol. The Bertz CT molecular complexity index is 350. The lowest BCUT2D eigenvalue weighted by molar-refractivity contribution is -0.144. The van der Waals surface area contributed by atoms with Gasteiger partial charge in [-0.25, -0.2) is 0 Å². The van der Waals surface area contributed by atoms with Crippen LogP contribution in [0, 0.1) is 5.92 Å². The fourth-order valence-corrected chi connectivity index (χ4v) is 3.01. The molecule has 0 aromatic carbocycles. The van der Waals surface area contributed by atoms with E-state index in [-0.39, 0.29) is 5.92 Å². The molecule has 3 nitrogen and oxygen atoms in total. The Labute approximate surface area is 99.7 Å². The van der Waals surface area contributed by atoms with E-state index < -0.39 is 5.97 Å². The van der Waals surface area contributed by atoms with E-state index >= 15 is 0 Å². The molecule has 2 rings (SSSR count). The molecule has 1 aromatic heterocycles. The van der Waals surface area contributed by atoms with E-state index in [1.807, 2.05) is 0 Å².